The monoisotopic (exact) mass is 302 g/mol. The lowest BCUT2D eigenvalue weighted by atomic mass is 10.2. The first-order valence-corrected chi connectivity index (χ1v) is 8.17. The van der Waals surface area contributed by atoms with Crippen molar-refractivity contribution in [3.05, 3.63) is 59.7 Å². The van der Waals surface area contributed by atoms with Gasteiger partial charge in [-0.15, -0.1) is 11.8 Å². The number of rotatable bonds is 5. The first kappa shape index (κ1) is 14.4. The van der Waals surface area contributed by atoms with Gasteiger partial charge >= 0.3 is 0 Å². The minimum absolute atomic E-state index is 0.237. The zero-order valence-corrected chi connectivity index (χ0v) is 12.8. The van der Waals surface area contributed by atoms with Crippen LogP contribution in [0.25, 0.3) is 0 Å². The van der Waals surface area contributed by atoms with Crippen molar-refractivity contribution in [2.45, 2.75) is 17.8 Å². The second-order valence-corrected chi connectivity index (χ2v) is 5.61. The molecular formula is C17H18O3S. The maximum absolute atomic E-state index is 5.93. The molecule has 1 fully saturated rings. The van der Waals surface area contributed by atoms with E-state index in [1.807, 2.05) is 36.6 Å². The van der Waals surface area contributed by atoms with Crippen molar-refractivity contribution < 1.29 is 14.2 Å². The smallest absolute Gasteiger partial charge is 0.184 e. The molecule has 1 aliphatic rings. The highest BCUT2D eigenvalue weighted by atomic mass is 32.2. The van der Waals surface area contributed by atoms with Crippen molar-refractivity contribution in [3.8, 4) is 5.75 Å². The van der Waals surface area contributed by atoms with Crippen LogP contribution in [0.1, 0.15) is 17.4 Å². The fourth-order valence-electron chi connectivity index (χ4n) is 2.24. The van der Waals surface area contributed by atoms with Crippen LogP contribution in [-0.2, 0) is 16.1 Å². The predicted molar refractivity (Wildman–Crippen MR) is 83.6 cm³/mol. The number of hydrogen-bond donors (Lipinski definition) is 0. The SMILES string of the molecule is CSc1cc(C2OCCO2)ccc1OCc1ccccc1. The summed E-state index contributed by atoms with van der Waals surface area (Å²) < 4.78 is 17.0. The molecule has 1 heterocycles. The van der Waals surface area contributed by atoms with Gasteiger partial charge in [0.1, 0.15) is 12.4 Å². The molecule has 110 valence electrons. The van der Waals surface area contributed by atoms with Gasteiger partial charge in [-0.2, -0.15) is 0 Å². The minimum atomic E-state index is -0.237. The number of ether oxygens (including phenoxy) is 3. The molecule has 0 atom stereocenters. The average Bonchev–Trinajstić information content (AvgIpc) is 3.08. The van der Waals surface area contributed by atoms with E-state index in [0.29, 0.717) is 19.8 Å². The first-order chi connectivity index (χ1) is 10.4. The van der Waals surface area contributed by atoms with Gasteiger partial charge in [-0.3, -0.25) is 0 Å². The molecule has 0 bridgehead atoms. The highest BCUT2D eigenvalue weighted by Crippen LogP contribution is 2.33. The third-order valence-electron chi connectivity index (χ3n) is 3.32. The van der Waals surface area contributed by atoms with Crippen LogP contribution >= 0.6 is 11.8 Å². The quantitative estimate of drug-likeness (QED) is 0.779. The Morgan fingerprint density at radius 3 is 2.57 bits per heavy atom. The Kier molecular flexibility index (Phi) is 4.80. The summed E-state index contributed by atoms with van der Waals surface area (Å²) in [5.74, 6) is 0.896. The topological polar surface area (TPSA) is 27.7 Å². The molecule has 1 saturated heterocycles. The standard InChI is InChI=1S/C17H18O3S/c1-21-16-11-14(17-18-9-10-19-17)7-8-15(16)20-12-13-5-3-2-4-6-13/h2-8,11,17H,9-10,12H2,1H3. The molecule has 0 amide bonds. The molecule has 0 aliphatic carbocycles. The van der Waals surface area contributed by atoms with E-state index in [1.54, 1.807) is 11.8 Å². The van der Waals surface area contributed by atoms with Crippen LogP contribution in [0.3, 0.4) is 0 Å². The van der Waals surface area contributed by atoms with Gasteiger partial charge in [-0.25, -0.2) is 0 Å². The molecule has 3 nitrogen and oxygen atoms in total. The number of benzene rings is 2. The van der Waals surface area contributed by atoms with Gasteiger partial charge in [0.05, 0.1) is 13.2 Å². The Morgan fingerprint density at radius 1 is 1.10 bits per heavy atom. The van der Waals surface area contributed by atoms with Gasteiger partial charge in [-0.05, 0) is 24.0 Å². The second kappa shape index (κ2) is 6.98. The lowest BCUT2D eigenvalue weighted by Gasteiger charge is -2.14. The summed E-state index contributed by atoms with van der Waals surface area (Å²) in [5, 5.41) is 0. The molecule has 4 heteroatoms. The zero-order chi connectivity index (χ0) is 14.5. The molecule has 1 aliphatic heterocycles. The van der Waals surface area contributed by atoms with Crippen molar-refractivity contribution in [3.63, 3.8) is 0 Å². The van der Waals surface area contributed by atoms with Gasteiger partial charge in [-0.1, -0.05) is 36.4 Å². The fourth-order valence-corrected chi connectivity index (χ4v) is 2.82. The van der Waals surface area contributed by atoms with E-state index in [9.17, 15) is 0 Å². The Labute approximate surface area is 129 Å². The Morgan fingerprint density at radius 2 is 1.86 bits per heavy atom. The maximum Gasteiger partial charge on any atom is 0.184 e. The molecule has 2 aromatic rings. The summed E-state index contributed by atoms with van der Waals surface area (Å²) in [4.78, 5) is 1.10. The molecular weight excluding hydrogens is 284 g/mol. The lowest BCUT2D eigenvalue weighted by molar-refractivity contribution is -0.0442. The van der Waals surface area contributed by atoms with Crippen LogP contribution in [0.15, 0.2) is 53.4 Å². The molecule has 0 radical (unpaired) electrons. The van der Waals surface area contributed by atoms with E-state index < -0.39 is 0 Å². The van der Waals surface area contributed by atoms with E-state index in [-0.39, 0.29) is 6.29 Å². The van der Waals surface area contributed by atoms with Crippen LogP contribution in [-0.4, -0.2) is 19.5 Å². The molecule has 0 saturated carbocycles. The van der Waals surface area contributed by atoms with Crippen LogP contribution in [0, 0.1) is 0 Å². The summed E-state index contributed by atoms with van der Waals surface area (Å²) in [6, 6.07) is 16.3. The average molecular weight is 302 g/mol. The van der Waals surface area contributed by atoms with Crippen molar-refractivity contribution in [1.82, 2.24) is 0 Å². The van der Waals surface area contributed by atoms with Crippen molar-refractivity contribution in [2.24, 2.45) is 0 Å². The predicted octanol–water partition coefficient (Wildman–Crippen LogP) is 4.03. The Hall–Kier alpha value is -1.49. The maximum atomic E-state index is 5.93. The van der Waals surface area contributed by atoms with E-state index in [4.69, 9.17) is 14.2 Å². The van der Waals surface area contributed by atoms with E-state index in [0.717, 1.165) is 21.8 Å². The summed E-state index contributed by atoms with van der Waals surface area (Å²) in [6.07, 6.45) is 1.81. The summed E-state index contributed by atoms with van der Waals surface area (Å²) in [7, 11) is 0. The van der Waals surface area contributed by atoms with E-state index in [1.165, 1.54) is 0 Å². The largest absolute Gasteiger partial charge is 0.488 e. The van der Waals surface area contributed by atoms with Crippen LogP contribution in [0.2, 0.25) is 0 Å². The molecule has 0 N–H and O–H groups in total. The Balaban J connectivity index is 1.72. The third kappa shape index (κ3) is 3.59. The van der Waals surface area contributed by atoms with Gasteiger partial charge in [0.2, 0.25) is 0 Å². The van der Waals surface area contributed by atoms with Crippen LogP contribution in [0.4, 0.5) is 0 Å². The van der Waals surface area contributed by atoms with Crippen LogP contribution < -0.4 is 4.74 Å². The van der Waals surface area contributed by atoms with Gasteiger partial charge < -0.3 is 14.2 Å². The van der Waals surface area contributed by atoms with E-state index in [2.05, 4.69) is 18.2 Å². The lowest BCUT2D eigenvalue weighted by Crippen LogP contribution is -2.00. The van der Waals surface area contributed by atoms with Crippen molar-refractivity contribution in [2.75, 3.05) is 19.5 Å². The van der Waals surface area contributed by atoms with Gasteiger partial charge in [0.15, 0.2) is 6.29 Å². The molecule has 0 unspecified atom stereocenters. The summed E-state index contributed by atoms with van der Waals surface area (Å²) >= 11 is 1.67. The van der Waals surface area contributed by atoms with Crippen molar-refractivity contribution >= 4 is 11.8 Å². The third-order valence-corrected chi connectivity index (χ3v) is 4.08. The van der Waals surface area contributed by atoms with Crippen molar-refractivity contribution in [1.29, 1.82) is 0 Å². The molecule has 0 aromatic heterocycles. The van der Waals surface area contributed by atoms with Crippen LogP contribution in [0.5, 0.6) is 5.75 Å². The molecule has 21 heavy (non-hydrogen) atoms. The minimum Gasteiger partial charge on any atom is -0.488 e. The fraction of sp³-hybridized carbons (Fsp3) is 0.294. The first-order valence-electron chi connectivity index (χ1n) is 6.94. The number of hydrogen-bond acceptors (Lipinski definition) is 4. The second-order valence-electron chi connectivity index (χ2n) is 4.76. The highest BCUT2D eigenvalue weighted by molar-refractivity contribution is 7.98. The molecule has 3 rings (SSSR count). The van der Waals surface area contributed by atoms with Gasteiger partial charge in [0.25, 0.3) is 0 Å². The summed E-state index contributed by atoms with van der Waals surface area (Å²) in [5.41, 5.74) is 2.21. The molecule has 0 spiro atoms. The summed E-state index contributed by atoms with van der Waals surface area (Å²) in [6.45, 7) is 1.89. The Bertz CT molecular complexity index is 580. The highest BCUT2D eigenvalue weighted by Gasteiger charge is 2.19. The van der Waals surface area contributed by atoms with E-state index >= 15 is 0 Å². The normalized spacial score (nSPS) is 15.3. The zero-order valence-electron chi connectivity index (χ0n) is 12.0. The molecule has 2 aromatic carbocycles. The number of thioether (sulfide) groups is 1. The van der Waals surface area contributed by atoms with Gasteiger partial charge in [0, 0.05) is 10.5 Å².